The molecular weight excluding hydrogens is 345 g/mol. The number of nitrogens with zero attached hydrogens (tertiary/aromatic N) is 3. The zero-order valence-corrected chi connectivity index (χ0v) is 15.7. The molecule has 0 aliphatic heterocycles. The third kappa shape index (κ3) is 4.46. The summed E-state index contributed by atoms with van der Waals surface area (Å²) < 4.78 is 15.3. The van der Waals surface area contributed by atoms with Gasteiger partial charge in [-0.25, -0.2) is 13.9 Å². The number of imidazole rings is 1. The maximum absolute atomic E-state index is 13.6. The molecule has 2 aromatic rings. The number of nitrogens with one attached hydrogen (secondary N) is 2. The number of alkyl halides is 1. The van der Waals surface area contributed by atoms with Crippen molar-refractivity contribution in [1.82, 2.24) is 25.2 Å². The topological polar surface area (TPSA) is 71.3 Å². The average Bonchev–Trinajstić information content (AvgIpc) is 3.36. The fourth-order valence-electron chi connectivity index (χ4n) is 3.75. The number of allylic oxidation sites excluding steroid dienone is 1. The summed E-state index contributed by atoms with van der Waals surface area (Å²) in [6.45, 7) is 6.76. The lowest BCUT2D eigenvalue weighted by atomic mass is 9.71. The summed E-state index contributed by atoms with van der Waals surface area (Å²) in [4.78, 5) is 16.3. The molecule has 27 heavy (non-hydrogen) atoms. The van der Waals surface area contributed by atoms with Gasteiger partial charge in [0, 0.05) is 18.2 Å². The number of carbonyl (C=O) groups excluding carboxylic acids is 1. The van der Waals surface area contributed by atoms with E-state index in [1.165, 1.54) is 0 Å². The third-order valence-electron chi connectivity index (χ3n) is 5.32. The summed E-state index contributed by atoms with van der Waals surface area (Å²) in [7, 11) is 0. The first-order valence-electron chi connectivity index (χ1n) is 9.59. The minimum Gasteiger partial charge on any atom is -0.385 e. The van der Waals surface area contributed by atoms with Crippen molar-refractivity contribution in [2.75, 3.05) is 0 Å². The molecular formula is C20H26FN5O. The van der Waals surface area contributed by atoms with Gasteiger partial charge in [0.25, 0.3) is 0 Å². The number of halogens is 1. The van der Waals surface area contributed by atoms with E-state index in [9.17, 15) is 9.18 Å². The molecule has 1 amide bonds. The van der Waals surface area contributed by atoms with Crippen LogP contribution in [0.5, 0.6) is 0 Å². The standard InChI is InChI=1S/C20H26FN5O/c1-13(5-14-7-20(2,21)8-14)22-9-15-6-18-25-17(12-26(18)24-10-15)11-23-19(27)16-3-4-16/h6,10,12,14,16,22H,1,3-5,7-9,11H2,2H3,(H,23,27). The van der Waals surface area contributed by atoms with Gasteiger partial charge >= 0.3 is 0 Å². The van der Waals surface area contributed by atoms with Crippen LogP contribution in [0.15, 0.2) is 30.7 Å². The van der Waals surface area contributed by atoms with Crippen molar-refractivity contribution in [2.45, 2.75) is 57.8 Å². The SMILES string of the molecule is C=C(CC1CC(C)(F)C1)NCc1cnn2cc(CNC(=O)C3CC3)nc2c1. The van der Waals surface area contributed by atoms with E-state index in [0.29, 0.717) is 31.8 Å². The maximum atomic E-state index is 13.6. The van der Waals surface area contributed by atoms with Crippen LogP contribution in [0.2, 0.25) is 0 Å². The van der Waals surface area contributed by atoms with E-state index in [1.807, 2.05) is 12.3 Å². The molecule has 2 aliphatic rings. The average molecular weight is 371 g/mol. The Kier molecular flexibility index (Phi) is 4.61. The van der Waals surface area contributed by atoms with E-state index in [0.717, 1.165) is 41.9 Å². The molecule has 0 unspecified atom stereocenters. The van der Waals surface area contributed by atoms with Crippen LogP contribution in [0.1, 0.15) is 50.3 Å². The first-order chi connectivity index (χ1) is 12.9. The van der Waals surface area contributed by atoms with Gasteiger partial charge in [-0.2, -0.15) is 5.10 Å². The van der Waals surface area contributed by atoms with Gasteiger partial charge in [0.2, 0.25) is 5.91 Å². The lowest BCUT2D eigenvalue weighted by Crippen LogP contribution is -2.37. The van der Waals surface area contributed by atoms with E-state index < -0.39 is 5.67 Å². The molecule has 2 aromatic heterocycles. The Hall–Kier alpha value is -2.44. The van der Waals surface area contributed by atoms with Gasteiger partial charge in [-0.05, 0) is 56.6 Å². The highest BCUT2D eigenvalue weighted by molar-refractivity contribution is 5.80. The van der Waals surface area contributed by atoms with Crippen molar-refractivity contribution in [3.8, 4) is 0 Å². The van der Waals surface area contributed by atoms with Gasteiger partial charge < -0.3 is 10.6 Å². The predicted molar refractivity (Wildman–Crippen MR) is 100 cm³/mol. The summed E-state index contributed by atoms with van der Waals surface area (Å²) in [5.74, 6) is 0.703. The Bertz CT molecular complexity index is 862. The summed E-state index contributed by atoms with van der Waals surface area (Å²) in [5, 5.41) is 10.6. The van der Waals surface area contributed by atoms with Crippen molar-refractivity contribution >= 4 is 11.6 Å². The van der Waals surface area contributed by atoms with E-state index in [4.69, 9.17) is 0 Å². The van der Waals surface area contributed by atoms with Crippen molar-refractivity contribution < 1.29 is 9.18 Å². The molecule has 2 heterocycles. The van der Waals surface area contributed by atoms with E-state index >= 15 is 0 Å². The number of fused-ring (bicyclic) bond motifs is 1. The lowest BCUT2D eigenvalue weighted by molar-refractivity contribution is -0.122. The van der Waals surface area contributed by atoms with Gasteiger partial charge in [0.15, 0.2) is 5.65 Å². The molecule has 4 rings (SSSR count). The van der Waals surface area contributed by atoms with Gasteiger partial charge in [-0.1, -0.05) is 6.58 Å². The minimum absolute atomic E-state index is 0.114. The summed E-state index contributed by atoms with van der Waals surface area (Å²) in [6.07, 6.45) is 7.67. The molecule has 2 fully saturated rings. The van der Waals surface area contributed by atoms with Crippen LogP contribution < -0.4 is 10.6 Å². The van der Waals surface area contributed by atoms with E-state index in [-0.39, 0.29) is 11.8 Å². The first kappa shape index (κ1) is 17.9. The van der Waals surface area contributed by atoms with Crippen molar-refractivity contribution in [2.24, 2.45) is 11.8 Å². The Morgan fingerprint density at radius 2 is 2.15 bits per heavy atom. The number of hydrogen-bond acceptors (Lipinski definition) is 4. The highest BCUT2D eigenvalue weighted by Crippen LogP contribution is 2.43. The zero-order chi connectivity index (χ0) is 19.0. The highest BCUT2D eigenvalue weighted by atomic mass is 19.1. The second-order valence-electron chi connectivity index (χ2n) is 8.24. The van der Waals surface area contributed by atoms with Gasteiger partial charge in [0.1, 0.15) is 5.67 Å². The van der Waals surface area contributed by atoms with Crippen molar-refractivity contribution in [3.05, 3.63) is 42.0 Å². The Labute approximate surface area is 158 Å². The molecule has 6 nitrogen and oxygen atoms in total. The van der Waals surface area contributed by atoms with Gasteiger partial charge in [0.05, 0.1) is 24.6 Å². The zero-order valence-electron chi connectivity index (χ0n) is 15.7. The molecule has 2 saturated carbocycles. The molecule has 7 heteroatoms. The van der Waals surface area contributed by atoms with Crippen molar-refractivity contribution in [1.29, 1.82) is 0 Å². The molecule has 144 valence electrons. The number of rotatable bonds is 8. The van der Waals surface area contributed by atoms with Crippen LogP contribution in [0.4, 0.5) is 4.39 Å². The molecule has 2 N–H and O–H groups in total. The molecule has 0 atom stereocenters. The summed E-state index contributed by atoms with van der Waals surface area (Å²) in [5.41, 5.74) is 2.50. The lowest BCUT2D eigenvalue weighted by Gasteiger charge is -2.39. The molecule has 2 aliphatic carbocycles. The Morgan fingerprint density at radius 3 is 2.85 bits per heavy atom. The largest absolute Gasteiger partial charge is 0.385 e. The Morgan fingerprint density at radius 1 is 1.37 bits per heavy atom. The fraction of sp³-hybridized carbons (Fsp3) is 0.550. The third-order valence-corrected chi connectivity index (χ3v) is 5.32. The number of carbonyl (C=O) groups is 1. The quantitative estimate of drug-likeness (QED) is 0.749. The van der Waals surface area contributed by atoms with Crippen LogP contribution >= 0.6 is 0 Å². The smallest absolute Gasteiger partial charge is 0.223 e. The van der Waals surface area contributed by atoms with Crippen LogP contribution in [-0.4, -0.2) is 26.2 Å². The first-order valence-corrected chi connectivity index (χ1v) is 9.59. The number of aromatic nitrogens is 3. The van der Waals surface area contributed by atoms with Crippen LogP contribution in [-0.2, 0) is 17.9 Å². The molecule has 0 saturated heterocycles. The molecule has 0 radical (unpaired) electrons. The molecule has 0 spiro atoms. The minimum atomic E-state index is -0.990. The molecule has 0 bridgehead atoms. The van der Waals surface area contributed by atoms with Gasteiger partial charge in [-0.15, -0.1) is 0 Å². The van der Waals surface area contributed by atoms with Crippen LogP contribution in [0.3, 0.4) is 0 Å². The fourth-order valence-corrected chi connectivity index (χ4v) is 3.75. The van der Waals surface area contributed by atoms with Crippen LogP contribution in [0, 0.1) is 11.8 Å². The Balaban J connectivity index is 1.28. The monoisotopic (exact) mass is 371 g/mol. The number of hydrogen-bond donors (Lipinski definition) is 2. The van der Waals surface area contributed by atoms with E-state index in [1.54, 1.807) is 17.6 Å². The summed E-state index contributed by atoms with van der Waals surface area (Å²) >= 11 is 0. The van der Waals surface area contributed by atoms with Crippen molar-refractivity contribution in [3.63, 3.8) is 0 Å². The predicted octanol–water partition coefficient (Wildman–Crippen LogP) is 2.89. The van der Waals surface area contributed by atoms with Crippen LogP contribution in [0.25, 0.3) is 5.65 Å². The maximum Gasteiger partial charge on any atom is 0.223 e. The highest BCUT2D eigenvalue weighted by Gasteiger charge is 2.40. The van der Waals surface area contributed by atoms with Gasteiger partial charge in [-0.3, -0.25) is 4.79 Å². The summed E-state index contributed by atoms with van der Waals surface area (Å²) in [6, 6.07) is 1.97. The number of amides is 1. The normalized spacial score (nSPS) is 24.4. The molecule has 0 aromatic carbocycles. The second kappa shape index (κ2) is 6.94. The van der Waals surface area contributed by atoms with E-state index in [2.05, 4.69) is 27.3 Å². The second-order valence-corrected chi connectivity index (χ2v) is 8.24.